The molecule has 8 nitrogen and oxygen atoms in total. The molecule has 1 fully saturated rings. The van der Waals surface area contributed by atoms with Gasteiger partial charge in [0.15, 0.2) is 10.2 Å². The molecule has 3 heterocycles. The topological polar surface area (TPSA) is 108 Å². The van der Waals surface area contributed by atoms with E-state index in [4.69, 9.17) is 4.42 Å². The Morgan fingerprint density at radius 3 is 2.52 bits per heavy atom. The minimum atomic E-state index is -0.793. The van der Waals surface area contributed by atoms with Gasteiger partial charge in [0.25, 0.3) is 11.8 Å². The number of urea groups is 1. The number of fused-ring (bicyclic) bond motifs is 1. The van der Waals surface area contributed by atoms with Crippen molar-refractivity contribution in [3.8, 4) is 0 Å². The first kappa shape index (κ1) is 18.9. The molecule has 0 atom stereocenters. The van der Waals surface area contributed by atoms with Gasteiger partial charge in [-0.15, -0.1) is 0 Å². The van der Waals surface area contributed by atoms with E-state index >= 15 is 0 Å². The lowest BCUT2D eigenvalue weighted by Crippen LogP contribution is -2.54. The van der Waals surface area contributed by atoms with Crippen LogP contribution in [0.15, 0.2) is 87.0 Å². The second-order valence-electron chi connectivity index (χ2n) is 6.61. The molecule has 4 amide bonds. The number of furan rings is 1. The third-order valence-corrected chi connectivity index (χ3v) is 5.38. The Labute approximate surface area is 179 Å². The first-order valence-electron chi connectivity index (χ1n) is 9.27. The summed E-state index contributed by atoms with van der Waals surface area (Å²) in [7, 11) is 0. The Morgan fingerprint density at radius 2 is 1.71 bits per heavy atom. The molecule has 0 bridgehead atoms. The van der Waals surface area contributed by atoms with Crippen LogP contribution in [0.1, 0.15) is 5.76 Å². The average Bonchev–Trinajstić information content (AvgIpc) is 3.38. The summed E-state index contributed by atoms with van der Waals surface area (Å²) in [5, 5.41) is 3.37. The highest BCUT2D eigenvalue weighted by Crippen LogP contribution is 2.30. The van der Waals surface area contributed by atoms with E-state index in [2.05, 4.69) is 15.3 Å². The van der Waals surface area contributed by atoms with Crippen molar-refractivity contribution < 1.29 is 18.8 Å². The highest BCUT2D eigenvalue weighted by molar-refractivity contribution is 7.99. The van der Waals surface area contributed by atoms with Gasteiger partial charge >= 0.3 is 6.03 Å². The second kappa shape index (κ2) is 7.62. The van der Waals surface area contributed by atoms with Crippen LogP contribution in [0.2, 0.25) is 0 Å². The van der Waals surface area contributed by atoms with Gasteiger partial charge < -0.3 is 9.40 Å². The summed E-state index contributed by atoms with van der Waals surface area (Å²) < 4.78 is 5.74. The minimum Gasteiger partial charge on any atom is -0.450 e. The number of H-pyrrole nitrogens is 1. The summed E-state index contributed by atoms with van der Waals surface area (Å²) in [5.41, 5.74) is 1.92. The number of aromatic amines is 1. The first-order chi connectivity index (χ1) is 15.1. The smallest absolute Gasteiger partial charge is 0.335 e. The number of hydrogen-bond acceptors (Lipinski definition) is 6. The Hall–Kier alpha value is -4.11. The highest BCUT2D eigenvalue weighted by atomic mass is 32.2. The summed E-state index contributed by atoms with van der Waals surface area (Å²) in [5.74, 6) is -1.19. The van der Waals surface area contributed by atoms with Crippen LogP contribution in [-0.4, -0.2) is 27.8 Å². The van der Waals surface area contributed by atoms with E-state index < -0.39 is 17.8 Å². The van der Waals surface area contributed by atoms with Gasteiger partial charge in [-0.25, -0.2) is 14.7 Å². The summed E-state index contributed by atoms with van der Waals surface area (Å²) >= 11 is 1.28. The van der Waals surface area contributed by atoms with Crippen molar-refractivity contribution in [2.24, 2.45) is 0 Å². The maximum absolute atomic E-state index is 12.9. The van der Waals surface area contributed by atoms with Crippen LogP contribution >= 0.6 is 11.8 Å². The Balaban J connectivity index is 1.40. The number of aromatic nitrogens is 2. The summed E-state index contributed by atoms with van der Waals surface area (Å²) in [4.78, 5) is 45.9. The van der Waals surface area contributed by atoms with Crippen molar-refractivity contribution in [1.29, 1.82) is 0 Å². The number of anilines is 1. The number of imide groups is 2. The number of nitrogens with one attached hydrogen (secondary N) is 2. The van der Waals surface area contributed by atoms with Gasteiger partial charge in [-0.2, -0.15) is 0 Å². The SMILES string of the molecule is O=C1NC(=O)N(c2ccccc2)C(=O)/C1=C/c1ccc(Sc2nc3ccccc3[nH]2)o1. The van der Waals surface area contributed by atoms with Crippen LogP contribution in [0.25, 0.3) is 17.1 Å². The third kappa shape index (κ3) is 3.62. The summed E-state index contributed by atoms with van der Waals surface area (Å²) in [6.07, 6.45) is 1.32. The number of carbonyl (C=O) groups is 3. The molecule has 0 aliphatic carbocycles. The van der Waals surface area contributed by atoms with Crippen molar-refractivity contribution in [2.45, 2.75) is 10.2 Å². The lowest BCUT2D eigenvalue weighted by Gasteiger charge is -2.26. The van der Waals surface area contributed by atoms with Crippen molar-refractivity contribution in [3.05, 3.63) is 78.1 Å². The van der Waals surface area contributed by atoms with Crippen LogP contribution in [0.5, 0.6) is 0 Å². The summed E-state index contributed by atoms with van der Waals surface area (Å²) in [6.45, 7) is 0. The molecule has 31 heavy (non-hydrogen) atoms. The van der Waals surface area contributed by atoms with Gasteiger partial charge in [0.05, 0.1) is 16.7 Å². The fraction of sp³-hybridized carbons (Fsp3) is 0. The zero-order valence-corrected chi connectivity index (χ0v) is 16.7. The molecule has 9 heteroatoms. The lowest BCUT2D eigenvalue weighted by molar-refractivity contribution is -0.122. The van der Waals surface area contributed by atoms with Crippen LogP contribution in [0.4, 0.5) is 10.5 Å². The second-order valence-corrected chi connectivity index (χ2v) is 7.60. The molecule has 1 aliphatic heterocycles. The molecule has 2 aromatic heterocycles. The van der Waals surface area contributed by atoms with Gasteiger partial charge in [0, 0.05) is 0 Å². The van der Waals surface area contributed by atoms with Gasteiger partial charge in [-0.05, 0) is 54.2 Å². The van der Waals surface area contributed by atoms with Crippen LogP contribution in [0, 0.1) is 0 Å². The summed E-state index contributed by atoms with van der Waals surface area (Å²) in [6, 6.07) is 18.6. The molecule has 2 aromatic carbocycles. The van der Waals surface area contributed by atoms with Crippen molar-refractivity contribution in [1.82, 2.24) is 15.3 Å². The fourth-order valence-electron chi connectivity index (χ4n) is 3.15. The van der Waals surface area contributed by atoms with Crippen LogP contribution < -0.4 is 10.2 Å². The number of benzene rings is 2. The van der Waals surface area contributed by atoms with Crippen molar-refractivity contribution >= 4 is 52.4 Å². The zero-order valence-electron chi connectivity index (χ0n) is 15.9. The normalized spacial score (nSPS) is 15.7. The monoisotopic (exact) mass is 430 g/mol. The van der Waals surface area contributed by atoms with E-state index in [0.717, 1.165) is 15.9 Å². The predicted molar refractivity (Wildman–Crippen MR) is 114 cm³/mol. The number of barbiturate groups is 1. The number of amides is 4. The number of hydrogen-bond donors (Lipinski definition) is 2. The lowest BCUT2D eigenvalue weighted by atomic mass is 10.1. The van der Waals surface area contributed by atoms with Gasteiger partial charge in [0.2, 0.25) is 0 Å². The van der Waals surface area contributed by atoms with E-state index in [9.17, 15) is 14.4 Å². The molecule has 1 aliphatic rings. The number of nitrogens with zero attached hydrogens (tertiary/aromatic N) is 2. The maximum Gasteiger partial charge on any atom is 0.335 e. The number of imidazole rings is 1. The Morgan fingerprint density at radius 1 is 0.935 bits per heavy atom. The number of carbonyl (C=O) groups excluding carboxylic acids is 3. The van der Waals surface area contributed by atoms with Gasteiger partial charge in [0.1, 0.15) is 11.3 Å². The van der Waals surface area contributed by atoms with E-state index in [-0.39, 0.29) is 5.57 Å². The third-order valence-electron chi connectivity index (χ3n) is 4.57. The molecular weight excluding hydrogens is 416 g/mol. The molecule has 2 N–H and O–H groups in total. The maximum atomic E-state index is 12.9. The van der Waals surface area contributed by atoms with Crippen LogP contribution in [0.3, 0.4) is 0 Å². The largest absolute Gasteiger partial charge is 0.450 e. The predicted octanol–water partition coefficient (Wildman–Crippen LogP) is 3.97. The van der Waals surface area contributed by atoms with E-state index in [1.165, 1.54) is 17.8 Å². The molecule has 0 spiro atoms. The Bertz CT molecular complexity index is 1320. The molecule has 0 unspecified atom stereocenters. The van der Waals surface area contributed by atoms with Crippen molar-refractivity contribution in [3.63, 3.8) is 0 Å². The van der Waals surface area contributed by atoms with Crippen molar-refractivity contribution in [2.75, 3.05) is 4.90 Å². The first-order valence-corrected chi connectivity index (χ1v) is 10.1. The minimum absolute atomic E-state index is 0.196. The Kier molecular flexibility index (Phi) is 4.64. The van der Waals surface area contributed by atoms with Gasteiger partial charge in [-0.3, -0.25) is 14.9 Å². The van der Waals surface area contributed by atoms with E-state index in [1.54, 1.807) is 42.5 Å². The van der Waals surface area contributed by atoms with Gasteiger partial charge in [-0.1, -0.05) is 30.3 Å². The van der Waals surface area contributed by atoms with E-state index in [1.807, 2.05) is 24.3 Å². The standard InChI is InChI=1S/C22H14N4O4S/c27-19-15(20(28)26(22(29)25-19)13-6-2-1-3-7-13)12-14-10-11-18(30-14)31-21-23-16-8-4-5-9-17(16)24-21/h1-12H,(H,23,24)(H,25,27,29)/b15-12+. The van der Waals surface area contributed by atoms with E-state index in [0.29, 0.717) is 21.7 Å². The molecule has 152 valence electrons. The zero-order chi connectivity index (χ0) is 21.4. The molecular formula is C22H14N4O4S. The highest BCUT2D eigenvalue weighted by Gasteiger charge is 2.36. The molecule has 4 aromatic rings. The fourth-order valence-corrected chi connectivity index (χ4v) is 3.92. The van der Waals surface area contributed by atoms with Crippen LogP contribution in [-0.2, 0) is 9.59 Å². The molecule has 1 saturated heterocycles. The molecule has 0 radical (unpaired) electrons. The molecule has 0 saturated carbocycles. The number of para-hydroxylation sites is 3. The number of rotatable bonds is 4. The average molecular weight is 430 g/mol. The quantitative estimate of drug-likeness (QED) is 0.375. The molecule has 5 rings (SSSR count).